The van der Waals surface area contributed by atoms with E-state index in [1.165, 1.54) is 7.11 Å². The molecule has 0 saturated heterocycles. The van der Waals surface area contributed by atoms with E-state index in [1.54, 1.807) is 6.92 Å². The summed E-state index contributed by atoms with van der Waals surface area (Å²) < 4.78 is 70.1. The second-order valence-corrected chi connectivity index (χ2v) is 5.75. The molecule has 1 aromatic rings. The van der Waals surface area contributed by atoms with Gasteiger partial charge in [0.05, 0.1) is 23.2 Å². The summed E-state index contributed by atoms with van der Waals surface area (Å²) in [7, 11) is -2.57. The van der Waals surface area contributed by atoms with Gasteiger partial charge in [0.25, 0.3) is 10.1 Å². The SMILES string of the molecule is COC(C)CCOS(=O)(=O)c1ccc(C(F)(F)F)cc1. The summed E-state index contributed by atoms with van der Waals surface area (Å²) in [6.45, 7) is 1.65. The van der Waals surface area contributed by atoms with Gasteiger partial charge in [-0.15, -0.1) is 0 Å². The molecule has 1 rings (SSSR count). The van der Waals surface area contributed by atoms with E-state index < -0.39 is 21.9 Å². The van der Waals surface area contributed by atoms with Crippen molar-refractivity contribution < 1.29 is 30.5 Å². The topological polar surface area (TPSA) is 52.6 Å². The summed E-state index contributed by atoms with van der Waals surface area (Å²) in [5, 5.41) is 0. The van der Waals surface area contributed by atoms with Gasteiger partial charge in [0.15, 0.2) is 0 Å². The minimum atomic E-state index is -4.50. The number of halogens is 3. The summed E-state index contributed by atoms with van der Waals surface area (Å²) in [5.41, 5.74) is -0.913. The van der Waals surface area contributed by atoms with Gasteiger partial charge in [-0.1, -0.05) is 0 Å². The fourth-order valence-corrected chi connectivity index (χ4v) is 2.24. The van der Waals surface area contributed by atoms with Gasteiger partial charge in [-0.05, 0) is 37.6 Å². The van der Waals surface area contributed by atoms with Gasteiger partial charge in [0.1, 0.15) is 0 Å². The molecule has 0 aliphatic heterocycles. The van der Waals surface area contributed by atoms with Crippen molar-refractivity contribution in [2.75, 3.05) is 13.7 Å². The van der Waals surface area contributed by atoms with Gasteiger partial charge in [-0.25, -0.2) is 0 Å². The van der Waals surface area contributed by atoms with Crippen LogP contribution >= 0.6 is 0 Å². The summed E-state index contributed by atoms with van der Waals surface area (Å²) in [6.07, 6.45) is -4.31. The largest absolute Gasteiger partial charge is 0.416 e. The van der Waals surface area contributed by atoms with E-state index in [-0.39, 0.29) is 17.6 Å². The van der Waals surface area contributed by atoms with Gasteiger partial charge < -0.3 is 4.74 Å². The van der Waals surface area contributed by atoms with E-state index in [1.807, 2.05) is 0 Å². The number of hydrogen-bond acceptors (Lipinski definition) is 4. The average Bonchev–Trinajstić information content (AvgIpc) is 2.37. The van der Waals surface area contributed by atoms with Crippen LogP contribution < -0.4 is 0 Å². The first-order valence-electron chi connectivity index (χ1n) is 5.76. The van der Waals surface area contributed by atoms with Crippen LogP contribution in [0.15, 0.2) is 29.2 Å². The van der Waals surface area contributed by atoms with E-state index in [0.29, 0.717) is 18.6 Å². The summed E-state index contributed by atoms with van der Waals surface area (Å²) in [5.74, 6) is 0. The molecule has 1 atom stereocenters. The molecule has 20 heavy (non-hydrogen) atoms. The Morgan fingerprint density at radius 3 is 2.20 bits per heavy atom. The Hall–Kier alpha value is -1.12. The maximum absolute atomic E-state index is 12.4. The third kappa shape index (κ3) is 4.77. The van der Waals surface area contributed by atoms with Gasteiger partial charge >= 0.3 is 6.18 Å². The smallest absolute Gasteiger partial charge is 0.382 e. The number of rotatable bonds is 6. The molecule has 0 spiro atoms. The lowest BCUT2D eigenvalue weighted by Gasteiger charge is -2.10. The molecule has 0 heterocycles. The van der Waals surface area contributed by atoms with Crippen LogP contribution in [0.25, 0.3) is 0 Å². The van der Waals surface area contributed by atoms with Gasteiger partial charge in [-0.3, -0.25) is 4.18 Å². The van der Waals surface area contributed by atoms with Crippen molar-refractivity contribution in [3.05, 3.63) is 29.8 Å². The molecular formula is C12H15F3O4S. The number of hydrogen-bond donors (Lipinski definition) is 0. The summed E-state index contributed by atoms with van der Waals surface area (Å²) >= 11 is 0. The molecule has 0 aromatic heterocycles. The Balaban J connectivity index is 2.73. The molecule has 8 heteroatoms. The zero-order chi connectivity index (χ0) is 15.4. The summed E-state index contributed by atoms with van der Waals surface area (Å²) in [4.78, 5) is -0.310. The van der Waals surface area contributed by atoms with Gasteiger partial charge in [0.2, 0.25) is 0 Å². The third-order valence-electron chi connectivity index (χ3n) is 2.64. The van der Waals surface area contributed by atoms with Crippen molar-refractivity contribution in [3.8, 4) is 0 Å². The van der Waals surface area contributed by atoms with Crippen LogP contribution in [-0.2, 0) is 25.2 Å². The Bertz CT molecular complexity index is 523. The molecule has 0 bridgehead atoms. The highest BCUT2D eigenvalue weighted by Gasteiger charge is 2.30. The lowest BCUT2D eigenvalue weighted by molar-refractivity contribution is -0.137. The fourth-order valence-electron chi connectivity index (χ4n) is 1.32. The highest BCUT2D eigenvalue weighted by Crippen LogP contribution is 2.29. The maximum Gasteiger partial charge on any atom is 0.416 e. The average molecular weight is 312 g/mol. The second-order valence-electron chi connectivity index (χ2n) is 4.13. The zero-order valence-electron chi connectivity index (χ0n) is 11.0. The fraction of sp³-hybridized carbons (Fsp3) is 0.500. The van der Waals surface area contributed by atoms with Crippen LogP contribution in [-0.4, -0.2) is 28.2 Å². The molecule has 0 radical (unpaired) electrons. The Morgan fingerprint density at radius 1 is 1.20 bits per heavy atom. The van der Waals surface area contributed by atoms with Crippen molar-refractivity contribution in [1.82, 2.24) is 0 Å². The molecule has 4 nitrogen and oxygen atoms in total. The Labute approximate surface area is 115 Å². The lowest BCUT2D eigenvalue weighted by atomic mass is 10.2. The standard InChI is InChI=1S/C12H15F3O4S/c1-9(18-2)7-8-19-20(16,17)11-5-3-10(4-6-11)12(13,14)15/h3-6,9H,7-8H2,1-2H3. The normalized spacial score (nSPS) is 14.2. The first-order chi connectivity index (χ1) is 9.16. The first-order valence-corrected chi connectivity index (χ1v) is 7.17. The van der Waals surface area contributed by atoms with E-state index in [0.717, 1.165) is 12.1 Å². The maximum atomic E-state index is 12.4. The van der Waals surface area contributed by atoms with Crippen LogP contribution in [0, 0.1) is 0 Å². The van der Waals surface area contributed by atoms with Crippen molar-refractivity contribution in [2.24, 2.45) is 0 Å². The van der Waals surface area contributed by atoms with Gasteiger partial charge in [-0.2, -0.15) is 21.6 Å². The Morgan fingerprint density at radius 2 is 1.75 bits per heavy atom. The number of benzene rings is 1. The highest BCUT2D eigenvalue weighted by atomic mass is 32.2. The molecule has 0 N–H and O–H groups in total. The molecule has 1 aromatic carbocycles. The molecule has 0 amide bonds. The minimum Gasteiger partial charge on any atom is -0.382 e. The zero-order valence-corrected chi connectivity index (χ0v) is 11.8. The number of alkyl halides is 3. The monoisotopic (exact) mass is 312 g/mol. The van der Waals surface area contributed by atoms with Crippen molar-refractivity contribution in [3.63, 3.8) is 0 Å². The second kappa shape index (κ2) is 6.55. The molecule has 1 unspecified atom stereocenters. The van der Waals surface area contributed by atoms with Crippen LogP contribution in [0.3, 0.4) is 0 Å². The molecule has 0 aliphatic rings. The lowest BCUT2D eigenvalue weighted by Crippen LogP contribution is -2.13. The van der Waals surface area contributed by atoms with E-state index in [4.69, 9.17) is 8.92 Å². The van der Waals surface area contributed by atoms with Gasteiger partial charge in [0, 0.05) is 7.11 Å². The van der Waals surface area contributed by atoms with Crippen molar-refractivity contribution in [1.29, 1.82) is 0 Å². The highest BCUT2D eigenvalue weighted by molar-refractivity contribution is 7.86. The van der Waals surface area contributed by atoms with Crippen LogP contribution in [0.1, 0.15) is 18.9 Å². The molecule has 0 saturated carbocycles. The third-order valence-corrected chi connectivity index (χ3v) is 3.96. The van der Waals surface area contributed by atoms with Crippen molar-refractivity contribution in [2.45, 2.75) is 30.5 Å². The predicted octanol–water partition coefficient (Wildman–Crippen LogP) is 2.84. The van der Waals surface area contributed by atoms with E-state index >= 15 is 0 Å². The predicted molar refractivity (Wildman–Crippen MR) is 65.7 cm³/mol. The molecule has 0 aliphatic carbocycles. The number of ether oxygens (including phenoxy) is 1. The van der Waals surface area contributed by atoms with Crippen LogP contribution in [0.5, 0.6) is 0 Å². The molecular weight excluding hydrogens is 297 g/mol. The van der Waals surface area contributed by atoms with Crippen LogP contribution in [0.4, 0.5) is 13.2 Å². The quantitative estimate of drug-likeness (QED) is 0.758. The van der Waals surface area contributed by atoms with E-state index in [2.05, 4.69) is 0 Å². The van der Waals surface area contributed by atoms with E-state index in [9.17, 15) is 21.6 Å². The first kappa shape index (κ1) is 16.9. The summed E-state index contributed by atoms with van der Waals surface area (Å²) in [6, 6.07) is 3.15. The molecule has 114 valence electrons. The molecule has 0 fully saturated rings. The van der Waals surface area contributed by atoms with Crippen molar-refractivity contribution >= 4 is 10.1 Å². The van der Waals surface area contributed by atoms with Crippen LogP contribution in [0.2, 0.25) is 0 Å². The minimum absolute atomic E-state index is 0.0988. The number of methoxy groups -OCH3 is 1. The Kier molecular flexibility index (Phi) is 5.55.